The monoisotopic (exact) mass is 421 g/mol. The Hall–Kier alpha value is 0.310. The summed E-state index contributed by atoms with van der Waals surface area (Å²) in [6, 6.07) is 2.81. The summed E-state index contributed by atoms with van der Waals surface area (Å²) >= 11 is 4.26. The third-order valence-electron chi connectivity index (χ3n) is 4.78. The summed E-state index contributed by atoms with van der Waals surface area (Å²) in [4.78, 5) is 0. The molecule has 2 atom stereocenters. The van der Waals surface area contributed by atoms with Gasteiger partial charge in [-0.25, -0.2) is 0 Å². The molecule has 0 aliphatic carbocycles. The first-order valence-corrected chi connectivity index (χ1v) is 9.87. The van der Waals surface area contributed by atoms with Crippen molar-refractivity contribution in [2.45, 2.75) is 44.2 Å². The third-order valence-corrected chi connectivity index (χ3v) is 6.58. The van der Waals surface area contributed by atoms with Gasteiger partial charge in [0.2, 0.25) is 0 Å². The van der Waals surface area contributed by atoms with Gasteiger partial charge in [0.25, 0.3) is 0 Å². The second kappa shape index (κ2) is 7.25. The van der Waals surface area contributed by atoms with Crippen LogP contribution in [0.5, 0.6) is 0 Å². The second-order valence-corrected chi connectivity index (χ2v) is 8.92. The van der Waals surface area contributed by atoms with Crippen molar-refractivity contribution < 1.29 is 9.47 Å². The van der Waals surface area contributed by atoms with E-state index in [1.165, 1.54) is 14.9 Å². The van der Waals surface area contributed by atoms with Crippen LogP contribution < -0.4 is 5.32 Å². The van der Waals surface area contributed by atoms with Crippen molar-refractivity contribution in [2.75, 3.05) is 26.4 Å². The van der Waals surface area contributed by atoms with E-state index in [1.54, 1.807) is 0 Å². The van der Waals surface area contributed by atoms with Gasteiger partial charge in [-0.05, 0) is 77.7 Å². The van der Waals surface area contributed by atoms with Crippen molar-refractivity contribution >= 4 is 33.9 Å². The number of hydrogen-bond donors (Lipinski definition) is 1. The molecule has 0 aromatic carbocycles. The van der Waals surface area contributed by atoms with Gasteiger partial charge in [0, 0.05) is 25.9 Å². The Morgan fingerprint density at radius 2 is 2.24 bits per heavy atom. The summed E-state index contributed by atoms with van der Waals surface area (Å²) in [7, 11) is 0. The van der Waals surface area contributed by atoms with Gasteiger partial charge >= 0.3 is 0 Å². The minimum absolute atomic E-state index is 0.0814. The lowest BCUT2D eigenvalue weighted by atomic mass is 9.76. The van der Waals surface area contributed by atoms with Crippen LogP contribution in [0.3, 0.4) is 0 Å². The highest BCUT2D eigenvalue weighted by Gasteiger charge is 2.41. The summed E-state index contributed by atoms with van der Waals surface area (Å²) in [6.07, 6.45) is 4.44. The zero-order valence-electron chi connectivity index (χ0n) is 12.6. The van der Waals surface area contributed by atoms with Gasteiger partial charge < -0.3 is 14.8 Å². The molecule has 21 heavy (non-hydrogen) atoms. The van der Waals surface area contributed by atoms with E-state index in [9.17, 15) is 0 Å². The van der Waals surface area contributed by atoms with Gasteiger partial charge in [-0.3, -0.25) is 0 Å². The van der Waals surface area contributed by atoms with E-state index in [1.807, 2.05) is 11.3 Å². The summed E-state index contributed by atoms with van der Waals surface area (Å²) in [5, 5.41) is 6.04. The minimum Gasteiger partial charge on any atom is -0.381 e. The molecule has 2 aliphatic heterocycles. The summed E-state index contributed by atoms with van der Waals surface area (Å²) in [6.45, 7) is 5.83. The van der Waals surface area contributed by atoms with Crippen molar-refractivity contribution in [3.05, 3.63) is 19.9 Å². The molecular weight excluding hydrogens is 397 g/mol. The van der Waals surface area contributed by atoms with Crippen molar-refractivity contribution in [1.29, 1.82) is 0 Å². The first-order valence-electron chi connectivity index (χ1n) is 7.91. The van der Waals surface area contributed by atoms with E-state index in [0.29, 0.717) is 12.0 Å². The van der Waals surface area contributed by atoms with E-state index in [2.05, 4.69) is 46.3 Å². The van der Waals surface area contributed by atoms with Crippen LogP contribution in [0.1, 0.15) is 44.2 Å². The molecule has 5 heteroatoms. The third kappa shape index (κ3) is 3.80. The van der Waals surface area contributed by atoms with Crippen LogP contribution in [0, 0.1) is 8.80 Å². The molecule has 1 spiro atoms. The standard InChI is InChI=1S/C16H24INO2S/c1-2-18-15(13-9-14(17)21-11-13)12-3-6-20-16(10-12)4-7-19-8-5-16/h9,11-12,15,18H,2-8,10H2,1H3. The molecule has 0 amide bonds. The van der Waals surface area contributed by atoms with Crippen LogP contribution in [-0.4, -0.2) is 32.0 Å². The van der Waals surface area contributed by atoms with Crippen molar-refractivity contribution in [3.8, 4) is 0 Å². The van der Waals surface area contributed by atoms with E-state index < -0.39 is 0 Å². The summed E-state index contributed by atoms with van der Waals surface area (Å²) in [5.41, 5.74) is 1.54. The molecule has 3 heterocycles. The van der Waals surface area contributed by atoms with E-state index in [4.69, 9.17) is 9.47 Å². The fourth-order valence-corrected chi connectivity index (χ4v) is 5.11. The first-order chi connectivity index (χ1) is 10.2. The zero-order chi connectivity index (χ0) is 14.7. The average Bonchev–Trinajstić information content (AvgIpc) is 2.92. The lowest BCUT2D eigenvalue weighted by Crippen LogP contribution is -2.46. The quantitative estimate of drug-likeness (QED) is 0.747. The van der Waals surface area contributed by atoms with Crippen LogP contribution in [0.25, 0.3) is 0 Å². The van der Waals surface area contributed by atoms with Gasteiger partial charge in [-0.2, -0.15) is 0 Å². The largest absolute Gasteiger partial charge is 0.381 e. The van der Waals surface area contributed by atoms with Gasteiger partial charge in [0.05, 0.1) is 8.48 Å². The molecule has 2 aliphatic rings. The number of nitrogens with one attached hydrogen (secondary N) is 1. The molecule has 0 radical (unpaired) electrons. The van der Waals surface area contributed by atoms with Crippen LogP contribution in [0.2, 0.25) is 0 Å². The van der Waals surface area contributed by atoms with Gasteiger partial charge in [0.1, 0.15) is 0 Å². The normalized spacial score (nSPS) is 26.9. The van der Waals surface area contributed by atoms with Crippen LogP contribution in [-0.2, 0) is 9.47 Å². The van der Waals surface area contributed by atoms with Gasteiger partial charge in [-0.15, -0.1) is 11.3 Å². The van der Waals surface area contributed by atoms with E-state index in [-0.39, 0.29) is 5.60 Å². The highest BCUT2D eigenvalue weighted by Crippen LogP contribution is 2.42. The Kier molecular flexibility index (Phi) is 5.59. The predicted octanol–water partition coefficient (Wildman–Crippen LogP) is 3.98. The van der Waals surface area contributed by atoms with Crippen molar-refractivity contribution in [2.24, 2.45) is 5.92 Å². The van der Waals surface area contributed by atoms with Gasteiger partial charge in [-0.1, -0.05) is 6.92 Å². The molecule has 1 aromatic rings. The fraction of sp³-hybridized carbons (Fsp3) is 0.750. The average molecular weight is 421 g/mol. The molecule has 0 saturated carbocycles. The lowest BCUT2D eigenvalue weighted by molar-refractivity contribution is -0.150. The molecular formula is C16H24INO2S. The Morgan fingerprint density at radius 1 is 1.43 bits per heavy atom. The van der Waals surface area contributed by atoms with Crippen LogP contribution >= 0.6 is 33.9 Å². The van der Waals surface area contributed by atoms with Crippen molar-refractivity contribution in [3.63, 3.8) is 0 Å². The number of thiophene rings is 1. The Morgan fingerprint density at radius 3 is 2.90 bits per heavy atom. The topological polar surface area (TPSA) is 30.5 Å². The molecule has 2 unspecified atom stereocenters. The highest BCUT2D eigenvalue weighted by atomic mass is 127. The summed E-state index contributed by atoms with van der Waals surface area (Å²) in [5.74, 6) is 0.669. The SMILES string of the molecule is CCNC(c1csc(I)c1)C1CCOC2(CCOCC2)C1. The Labute approximate surface area is 144 Å². The second-order valence-electron chi connectivity index (χ2n) is 6.12. The maximum absolute atomic E-state index is 6.20. The molecule has 1 aromatic heterocycles. The lowest BCUT2D eigenvalue weighted by Gasteiger charge is -2.45. The number of ether oxygens (including phenoxy) is 2. The predicted molar refractivity (Wildman–Crippen MR) is 94.9 cm³/mol. The van der Waals surface area contributed by atoms with Crippen LogP contribution in [0.15, 0.2) is 11.4 Å². The van der Waals surface area contributed by atoms with Crippen LogP contribution in [0.4, 0.5) is 0 Å². The van der Waals surface area contributed by atoms with E-state index in [0.717, 1.165) is 45.6 Å². The molecule has 2 saturated heterocycles. The summed E-state index contributed by atoms with van der Waals surface area (Å²) < 4.78 is 13.1. The van der Waals surface area contributed by atoms with Crippen molar-refractivity contribution in [1.82, 2.24) is 5.32 Å². The molecule has 3 nitrogen and oxygen atoms in total. The molecule has 1 N–H and O–H groups in total. The smallest absolute Gasteiger partial charge is 0.0729 e. The van der Waals surface area contributed by atoms with E-state index >= 15 is 0 Å². The number of hydrogen-bond acceptors (Lipinski definition) is 4. The Balaban J connectivity index is 1.75. The Bertz CT molecular complexity index is 453. The molecule has 2 fully saturated rings. The minimum atomic E-state index is 0.0814. The molecule has 0 bridgehead atoms. The number of rotatable bonds is 4. The maximum Gasteiger partial charge on any atom is 0.0729 e. The molecule has 118 valence electrons. The van der Waals surface area contributed by atoms with Gasteiger partial charge in [0.15, 0.2) is 0 Å². The highest BCUT2D eigenvalue weighted by molar-refractivity contribution is 14.1. The fourth-order valence-electron chi connectivity index (χ4n) is 3.71. The first kappa shape index (κ1) is 16.2. The molecule has 3 rings (SSSR count). The zero-order valence-corrected chi connectivity index (χ0v) is 15.5. The maximum atomic E-state index is 6.20. The number of halogens is 1.